The smallest absolute Gasteiger partial charge is 0.224 e. The Morgan fingerprint density at radius 2 is 1.80 bits per heavy atom. The highest BCUT2D eigenvalue weighted by atomic mass is 32.2. The van der Waals surface area contributed by atoms with Crippen LogP contribution in [0.15, 0.2) is 77.1 Å². The first-order valence-electron chi connectivity index (χ1n) is 15.0. The van der Waals surface area contributed by atoms with E-state index in [1.807, 2.05) is 66.7 Å². The highest BCUT2D eigenvalue weighted by Gasteiger charge is 2.38. The van der Waals surface area contributed by atoms with Crippen LogP contribution in [0.25, 0.3) is 10.2 Å². The van der Waals surface area contributed by atoms with Gasteiger partial charge in [-0.15, -0.1) is 11.3 Å². The van der Waals surface area contributed by atoms with Crippen molar-refractivity contribution in [3.63, 3.8) is 0 Å². The molecule has 5 rings (SSSR count). The predicted octanol–water partition coefficient (Wildman–Crippen LogP) is 7.01. The number of rotatable bonds is 13. The molecule has 2 heterocycles. The topological polar surface area (TPSA) is 110 Å². The minimum atomic E-state index is -0.625. The SMILES string of the molecule is CC(=O)NCCCCCC(=O)Nc1cccc([C@H]2O[C@@H](CSc3nc4ccccc4s3)[C@@H](C)[C@@H](c3ccc(CO)cc3)O2)c1. The number of carbonyl (C=O) groups is 2. The highest BCUT2D eigenvalue weighted by Crippen LogP contribution is 2.43. The summed E-state index contributed by atoms with van der Waals surface area (Å²) in [5.41, 5.74) is 4.41. The standard InChI is InChI=1S/C34H39N3O5S2/c1-22-29(21-43-34-37-28-11-5-6-12-30(28)44-34)41-33(42-32(22)25-16-14-24(20-38)15-17-25)26-9-8-10-27(19-26)36-31(40)13-4-3-7-18-35-23(2)39/h5-6,8-12,14-17,19,22,29,32-33,38H,3-4,7,13,18,20-21H2,1-2H3,(H,35,39)(H,36,40)/t22-,29+,32+,33+/m1/s1. The molecule has 0 radical (unpaired) electrons. The fourth-order valence-corrected chi connectivity index (χ4v) is 7.47. The molecule has 10 heteroatoms. The van der Waals surface area contributed by atoms with Gasteiger partial charge in [-0.1, -0.05) is 73.6 Å². The molecule has 2 amide bonds. The molecule has 1 aliphatic heterocycles. The Labute approximate surface area is 266 Å². The number of unbranched alkanes of at least 4 members (excludes halogenated alkanes) is 2. The van der Waals surface area contributed by atoms with E-state index < -0.39 is 6.29 Å². The van der Waals surface area contributed by atoms with E-state index >= 15 is 0 Å². The Hall–Kier alpha value is -3.28. The molecular formula is C34H39N3O5S2. The molecule has 1 saturated heterocycles. The van der Waals surface area contributed by atoms with E-state index in [-0.39, 0.29) is 36.5 Å². The number of nitrogens with zero attached hydrogens (tertiary/aromatic N) is 1. The normalized spacial score (nSPS) is 20.0. The lowest BCUT2D eigenvalue weighted by Gasteiger charge is -2.41. The summed E-state index contributed by atoms with van der Waals surface area (Å²) in [7, 11) is 0. The third kappa shape index (κ3) is 8.67. The van der Waals surface area contributed by atoms with Crippen molar-refractivity contribution in [3.05, 3.63) is 89.5 Å². The number of hydrogen-bond acceptors (Lipinski definition) is 8. The largest absolute Gasteiger partial charge is 0.392 e. The lowest BCUT2D eigenvalue weighted by Crippen LogP contribution is -2.38. The van der Waals surface area contributed by atoms with Crippen molar-refractivity contribution >= 4 is 50.8 Å². The average Bonchev–Trinajstić information content (AvgIpc) is 3.45. The number of aliphatic hydroxyl groups excluding tert-OH is 1. The number of thiazole rings is 1. The summed E-state index contributed by atoms with van der Waals surface area (Å²) < 4.78 is 15.4. The van der Waals surface area contributed by atoms with E-state index in [1.165, 1.54) is 11.6 Å². The number of ether oxygens (including phenoxy) is 2. The number of para-hydroxylation sites is 1. The number of anilines is 1. The zero-order chi connectivity index (χ0) is 30.9. The lowest BCUT2D eigenvalue weighted by molar-refractivity contribution is -0.268. The van der Waals surface area contributed by atoms with Gasteiger partial charge in [0.25, 0.3) is 0 Å². The van der Waals surface area contributed by atoms with Gasteiger partial charge in [0.05, 0.1) is 29.0 Å². The fourth-order valence-electron chi connectivity index (χ4n) is 5.21. The van der Waals surface area contributed by atoms with E-state index in [4.69, 9.17) is 14.5 Å². The average molecular weight is 634 g/mol. The fraction of sp³-hybridized carbons (Fsp3) is 0.382. The van der Waals surface area contributed by atoms with Gasteiger partial charge in [0, 0.05) is 42.8 Å². The van der Waals surface area contributed by atoms with Crippen molar-refractivity contribution in [2.45, 2.75) is 69.0 Å². The first kappa shape index (κ1) is 32.1. The Morgan fingerprint density at radius 3 is 2.57 bits per heavy atom. The summed E-state index contributed by atoms with van der Waals surface area (Å²) in [6.45, 7) is 4.28. The second-order valence-corrected chi connectivity index (χ2v) is 13.3. The minimum Gasteiger partial charge on any atom is -0.392 e. The molecule has 0 saturated carbocycles. The second-order valence-electron chi connectivity index (χ2n) is 11.0. The maximum atomic E-state index is 12.6. The van der Waals surface area contributed by atoms with Gasteiger partial charge in [-0.3, -0.25) is 9.59 Å². The van der Waals surface area contributed by atoms with Crippen LogP contribution in [0.3, 0.4) is 0 Å². The van der Waals surface area contributed by atoms with E-state index in [1.54, 1.807) is 23.1 Å². The summed E-state index contributed by atoms with van der Waals surface area (Å²) >= 11 is 3.39. The zero-order valence-electron chi connectivity index (χ0n) is 25.0. The van der Waals surface area contributed by atoms with E-state index in [0.29, 0.717) is 24.4 Å². The van der Waals surface area contributed by atoms with Crippen LogP contribution >= 0.6 is 23.1 Å². The van der Waals surface area contributed by atoms with Crippen molar-refractivity contribution in [3.8, 4) is 0 Å². The van der Waals surface area contributed by atoms with Crippen LogP contribution in [-0.2, 0) is 25.7 Å². The zero-order valence-corrected chi connectivity index (χ0v) is 26.7. The summed E-state index contributed by atoms with van der Waals surface area (Å²) in [6.07, 6.45) is 1.91. The maximum absolute atomic E-state index is 12.6. The van der Waals surface area contributed by atoms with Gasteiger partial charge >= 0.3 is 0 Å². The van der Waals surface area contributed by atoms with E-state index in [0.717, 1.165) is 45.8 Å². The van der Waals surface area contributed by atoms with Gasteiger partial charge in [0.1, 0.15) is 0 Å². The Bertz CT molecular complexity index is 1510. The lowest BCUT2D eigenvalue weighted by atomic mass is 9.91. The van der Waals surface area contributed by atoms with Crippen molar-refractivity contribution < 1.29 is 24.2 Å². The Balaban J connectivity index is 1.27. The summed E-state index contributed by atoms with van der Waals surface area (Å²) in [5, 5.41) is 15.3. The molecule has 8 nitrogen and oxygen atoms in total. The minimum absolute atomic E-state index is 0.00981. The molecule has 1 fully saturated rings. The van der Waals surface area contributed by atoms with Crippen LogP contribution < -0.4 is 10.6 Å². The molecule has 4 atom stereocenters. The number of amides is 2. The molecule has 1 aromatic heterocycles. The van der Waals surface area contributed by atoms with Crippen molar-refractivity contribution in [2.75, 3.05) is 17.6 Å². The molecule has 4 aromatic rings. The van der Waals surface area contributed by atoms with Gasteiger partial charge in [0.15, 0.2) is 10.6 Å². The second kappa shape index (κ2) is 15.6. The molecule has 44 heavy (non-hydrogen) atoms. The van der Waals surface area contributed by atoms with Crippen LogP contribution in [0.5, 0.6) is 0 Å². The van der Waals surface area contributed by atoms with E-state index in [2.05, 4.69) is 23.6 Å². The van der Waals surface area contributed by atoms with Crippen LogP contribution in [0.4, 0.5) is 5.69 Å². The summed E-state index contributed by atoms with van der Waals surface area (Å²) in [4.78, 5) is 28.4. The molecule has 3 N–H and O–H groups in total. The first-order valence-corrected chi connectivity index (χ1v) is 16.8. The molecule has 0 unspecified atom stereocenters. The number of fused-ring (bicyclic) bond motifs is 1. The quantitative estimate of drug-likeness (QED) is 0.107. The number of thioether (sulfide) groups is 1. The van der Waals surface area contributed by atoms with Crippen LogP contribution in [0.2, 0.25) is 0 Å². The monoisotopic (exact) mass is 633 g/mol. The number of benzene rings is 3. The number of aliphatic hydroxyl groups is 1. The van der Waals surface area contributed by atoms with Gasteiger partial charge in [-0.2, -0.15) is 0 Å². The molecule has 232 valence electrons. The van der Waals surface area contributed by atoms with Crippen molar-refractivity contribution in [1.82, 2.24) is 10.3 Å². The van der Waals surface area contributed by atoms with Crippen molar-refractivity contribution in [2.24, 2.45) is 5.92 Å². The van der Waals surface area contributed by atoms with Gasteiger partial charge in [-0.25, -0.2) is 4.98 Å². The van der Waals surface area contributed by atoms with Crippen molar-refractivity contribution in [1.29, 1.82) is 0 Å². The Morgan fingerprint density at radius 1 is 0.977 bits per heavy atom. The number of nitrogens with one attached hydrogen (secondary N) is 2. The summed E-state index contributed by atoms with van der Waals surface area (Å²) in [5.74, 6) is 0.686. The molecule has 1 aliphatic rings. The molecule has 0 bridgehead atoms. The number of aromatic nitrogens is 1. The Kier molecular flexibility index (Phi) is 11.4. The molecule has 0 spiro atoms. The third-order valence-electron chi connectivity index (χ3n) is 7.67. The third-order valence-corrected chi connectivity index (χ3v) is 9.93. The van der Waals surface area contributed by atoms with Crippen LogP contribution in [-0.4, -0.2) is 40.3 Å². The van der Waals surface area contributed by atoms with Gasteiger partial charge in [-0.05, 0) is 48.2 Å². The maximum Gasteiger partial charge on any atom is 0.224 e. The van der Waals surface area contributed by atoms with E-state index in [9.17, 15) is 14.7 Å². The van der Waals surface area contributed by atoms with Crippen LogP contribution in [0.1, 0.15) is 68.6 Å². The molecular weight excluding hydrogens is 595 g/mol. The van der Waals surface area contributed by atoms with Gasteiger partial charge in [0.2, 0.25) is 11.8 Å². The molecule has 3 aromatic carbocycles. The first-order chi connectivity index (χ1) is 21.4. The van der Waals surface area contributed by atoms with Crippen LogP contribution in [0, 0.1) is 5.92 Å². The number of hydrogen-bond donors (Lipinski definition) is 3. The highest BCUT2D eigenvalue weighted by molar-refractivity contribution is 8.01. The summed E-state index contributed by atoms with van der Waals surface area (Å²) in [6, 6.07) is 23.7. The predicted molar refractivity (Wildman–Crippen MR) is 176 cm³/mol. The molecule has 0 aliphatic carbocycles. The van der Waals surface area contributed by atoms with Gasteiger partial charge < -0.3 is 25.2 Å². The number of carbonyl (C=O) groups excluding carboxylic acids is 2.